The molecule has 0 aliphatic rings. The second kappa shape index (κ2) is 4.66. The maximum atomic E-state index is 11.1. The summed E-state index contributed by atoms with van der Waals surface area (Å²) in [7, 11) is 3.33. The summed E-state index contributed by atoms with van der Waals surface area (Å²) in [5.74, 6) is -0.332. The smallest absolute Gasteiger partial charge is 0.356 e. The van der Waals surface area contributed by atoms with E-state index in [0.717, 1.165) is 22.0 Å². The highest BCUT2D eigenvalue weighted by Crippen LogP contribution is 2.38. The summed E-state index contributed by atoms with van der Waals surface area (Å²) >= 11 is 0. The van der Waals surface area contributed by atoms with Crippen LogP contribution < -0.4 is 4.74 Å². The summed E-state index contributed by atoms with van der Waals surface area (Å²) < 4.78 is 7.12. The number of aromatic carboxylic acids is 1. The van der Waals surface area contributed by atoms with Crippen LogP contribution in [-0.4, -0.2) is 33.0 Å². The molecule has 0 unspecified atom stereocenters. The topological polar surface area (TPSA) is 80.1 Å². The molecule has 0 amide bonds. The number of carbonyl (C=O) groups is 1. The number of aryl methyl sites for hydroxylation is 2. The molecule has 2 N–H and O–H groups in total. The Morgan fingerprint density at radius 2 is 2.19 bits per heavy atom. The van der Waals surface area contributed by atoms with Gasteiger partial charge in [0.15, 0.2) is 5.69 Å². The first-order chi connectivity index (χ1) is 10.0. The monoisotopic (exact) mass is 285 g/mol. The first-order valence-electron chi connectivity index (χ1n) is 6.45. The minimum Gasteiger partial charge on any atom is -0.495 e. The molecule has 3 aromatic rings. The summed E-state index contributed by atoms with van der Waals surface area (Å²) in [6.45, 7) is 2.00. The summed E-state index contributed by atoms with van der Waals surface area (Å²) in [5.41, 5.74) is 3.58. The van der Waals surface area contributed by atoms with Gasteiger partial charge >= 0.3 is 5.97 Å². The van der Waals surface area contributed by atoms with Gasteiger partial charge in [-0.15, -0.1) is 0 Å². The Bertz CT molecular complexity index is 845. The second-order valence-electron chi connectivity index (χ2n) is 4.88. The zero-order valence-electron chi connectivity index (χ0n) is 12.0. The van der Waals surface area contributed by atoms with Crippen molar-refractivity contribution in [2.45, 2.75) is 6.92 Å². The van der Waals surface area contributed by atoms with Crippen molar-refractivity contribution in [1.29, 1.82) is 0 Å². The van der Waals surface area contributed by atoms with Crippen LogP contribution in [0.1, 0.15) is 16.1 Å². The number of rotatable bonds is 3. The Morgan fingerprint density at radius 1 is 1.43 bits per heavy atom. The molecule has 0 aliphatic carbocycles. The summed E-state index contributed by atoms with van der Waals surface area (Å²) in [4.78, 5) is 14.2. The van der Waals surface area contributed by atoms with Crippen LogP contribution in [-0.2, 0) is 7.05 Å². The molecule has 0 aliphatic heterocycles. The number of carboxylic acids is 1. The van der Waals surface area contributed by atoms with Crippen molar-refractivity contribution in [2.24, 2.45) is 7.05 Å². The number of H-pyrrole nitrogens is 1. The molecule has 21 heavy (non-hydrogen) atoms. The predicted octanol–water partition coefficient (Wildman–Crippen LogP) is 2.58. The molecule has 6 nitrogen and oxygen atoms in total. The SMILES string of the molecule is COc1c(-c2cc(C(=O)O)nn2C)ccc2[nH]cc(C)c12. The molecule has 0 saturated carbocycles. The summed E-state index contributed by atoms with van der Waals surface area (Å²) in [5, 5.41) is 14.1. The maximum Gasteiger partial charge on any atom is 0.356 e. The number of carboxylic acid groups (broad SMARTS) is 1. The Kier molecular flexibility index (Phi) is 2.94. The fraction of sp³-hybridized carbons (Fsp3) is 0.200. The largest absolute Gasteiger partial charge is 0.495 e. The van der Waals surface area contributed by atoms with E-state index in [-0.39, 0.29) is 5.69 Å². The van der Waals surface area contributed by atoms with Crippen LogP contribution >= 0.6 is 0 Å². The van der Waals surface area contributed by atoms with Crippen molar-refractivity contribution in [1.82, 2.24) is 14.8 Å². The number of benzene rings is 1. The van der Waals surface area contributed by atoms with Crippen LogP contribution in [0.3, 0.4) is 0 Å². The van der Waals surface area contributed by atoms with Crippen LogP contribution in [0.15, 0.2) is 24.4 Å². The van der Waals surface area contributed by atoms with Gasteiger partial charge in [0.1, 0.15) is 5.75 Å². The first-order valence-corrected chi connectivity index (χ1v) is 6.45. The zero-order valence-corrected chi connectivity index (χ0v) is 12.0. The van der Waals surface area contributed by atoms with E-state index in [9.17, 15) is 4.79 Å². The number of methoxy groups -OCH3 is 1. The number of aromatic nitrogens is 3. The summed E-state index contributed by atoms with van der Waals surface area (Å²) in [6.07, 6.45) is 1.92. The highest BCUT2D eigenvalue weighted by molar-refractivity contribution is 5.96. The van der Waals surface area contributed by atoms with E-state index in [1.807, 2.05) is 25.3 Å². The average molecular weight is 285 g/mol. The third-order valence-corrected chi connectivity index (χ3v) is 3.58. The third kappa shape index (κ3) is 1.96. The van der Waals surface area contributed by atoms with Gasteiger partial charge in [-0.2, -0.15) is 5.10 Å². The Hall–Kier alpha value is -2.76. The molecule has 1 aromatic carbocycles. The molecule has 0 fully saturated rings. The Balaban J connectivity index is 2.29. The molecule has 3 rings (SSSR count). The van der Waals surface area contributed by atoms with Gasteiger partial charge < -0.3 is 14.8 Å². The van der Waals surface area contributed by atoms with E-state index < -0.39 is 5.97 Å². The maximum absolute atomic E-state index is 11.1. The lowest BCUT2D eigenvalue weighted by Crippen LogP contribution is -1.99. The van der Waals surface area contributed by atoms with Gasteiger partial charge in [0.05, 0.1) is 12.8 Å². The van der Waals surface area contributed by atoms with Crippen LogP contribution in [0, 0.1) is 6.92 Å². The molecule has 0 saturated heterocycles. The van der Waals surface area contributed by atoms with Gasteiger partial charge in [-0.1, -0.05) is 0 Å². The lowest BCUT2D eigenvalue weighted by Gasteiger charge is -2.10. The van der Waals surface area contributed by atoms with E-state index >= 15 is 0 Å². The van der Waals surface area contributed by atoms with Crippen molar-refractivity contribution >= 4 is 16.9 Å². The van der Waals surface area contributed by atoms with Gasteiger partial charge in [-0.05, 0) is 30.7 Å². The number of nitrogens with one attached hydrogen (secondary N) is 1. The van der Waals surface area contributed by atoms with Crippen molar-refractivity contribution < 1.29 is 14.6 Å². The highest BCUT2D eigenvalue weighted by atomic mass is 16.5. The van der Waals surface area contributed by atoms with Crippen molar-refractivity contribution in [3.8, 4) is 17.0 Å². The molecule has 2 heterocycles. The van der Waals surface area contributed by atoms with E-state index in [4.69, 9.17) is 9.84 Å². The standard InChI is InChI=1S/C15H15N3O3/c1-8-7-16-10-5-4-9(14(21-3)13(8)10)12-6-11(15(19)20)17-18(12)2/h4-7,16H,1-3H3,(H,19,20). The Labute approximate surface area is 121 Å². The van der Waals surface area contributed by atoms with Gasteiger partial charge in [0, 0.05) is 29.7 Å². The number of ether oxygens (including phenoxy) is 1. The van der Waals surface area contributed by atoms with Gasteiger partial charge in [-0.3, -0.25) is 4.68 Å². The van der Waals surface area contributed by atoms with Crippen LogP contribution in [0.25, 0.3) is 22.2 Å². The first kappa shape index (κ1) is 13.2. The van der Waals surface area contributed by atoms with Gasteiger partial charge in [-0.25, -0.2) is 4.79 Å². The normalized spacial score (nSPS) is 11.0. The van der Waals surface area contributed by atoms with E-state index in [1.165, 1.54) is 0 Å². The van der Waals surface area contributed by atoms with Crippen molar-refractivity contribution in [2.75, 3.05) is 7.11 Å². The summed E-state index contributed by atoms with van der Waals surface area (Å²) in [6, 6.07) is 5.40. The van der Waals surface area contributed by atoms with Gasteiger partial charge in [0.25, 0.3) is 0 Å². The highest BCUT2D eigenvalue weighted by Gasteiger charge is 2.18. The van der Waals surface area contributed by atoms with Crippen LogP contribution in [0.4, 0.5) is 0 Å². The minimum absolute atomic E-state index is 0.0143. The molecule has 0 atom stereocenters. The molecular formula is C15H15N3O3. The van der Waals surface area contributed by atoms with Crippen molar-refractivity contribution in [3.05, 3.63) is 35.7 Å². The van der Waals surface area contributed by atoms with Crippen molar-refractivity contribution in [3.63, 3.8) is 0 Å². The fourth-order valence-corrected chi connectivity index (χ4v) is 2.59. The molecule has 0 bridgehead atoms. The molecular weight excluding hydrogens is 270 g/mol. The number of hydrogen-bond acceptors (Lipinski definition) is 3. The molecule has 2 aromatic heterocycles. The van der Waals surface area contributed by atoms with Crippen LogP contribution in [0.5, 0.6) is 5.75 Å². The molecule has 6 heteroatoms. The Morgan fingerprint density at radius 3 is 2.81 bits per heavy atom. The average Bonchev–Trinajstić information content (AvgIpc) is 3.02. The van der Waals surface area contributed by atoms with E-state index in [0.29, 0.717) is 11.4 Å². The molecule has 0 spiro atoms. The predicted molar refractivity (Wildman–Crippen MR) is 78.7 cm³/mol. The van der Waals surface area contributed by atoms with E-state index in [2.05, 4.69) is 10.1 Å². The minimum atomic E-state index is -1.05. The van der Waals surface area contributed by atoms with E-state index in [1.54, 1.807) is 24.9 Å². The number of nitrogens with zero attached hydrogens (tertiary/aromatic N) is 2. The number of aromatic amines is 1. The fourth-order valence-electron chi connectivity index (χ4n) is 2.59. The molecule has 108 valence electrons. The van der Waals surface area contributed by atoms with Crippen LogP contribution in [0.2, 0.25) is 0 Å². The van der Waals surface area contributed by atoms with Gasteiger partial charge in [0.2, 0.25) is 0 Å². The zero-order chi connectivity index (χ0) is 15.1. The lowest BCUT2D eigenvalue weighted by molar-refractivity contribution is 0.0689. The quantitative estimate of drug-likeness (QED) is 0.775. The lowest BCUT2D eigenvalue weighted by atomic mass is 10.0. The number of fused-ring (bicyclic) bond motifs is 1. The molecule has 0 radical (unpaired) electrons. The number of hydrogen-bond donors (Lipinski definition) is 2. The second-order valence-corrected chi connectivity index (χ2v) is 4.88. The third-order valence-electron chi connectivity index (χ3n) is 3.58.